The van der Waals surface area contributed by atoms with Crippen LogP contribution in [0.25, 0.3) is 0 Å². The van der Waals surface area contributed by atoms with Crippen LogP contribution in [0.4, 0.5) is 8.78 Å². The van der Waals surface area contributed by atoms with Crippen LogP contribution in [0.3, 0.4) is 0 Å². The third-order valence-electron chi connectivity index (χ3n) is 3.65. The quantitative estimate of drug-likeness (QED) is 0.647. The molecule has 1 rings (SSSR count). The van der Waals surface area contributed by atoms with Gasteiger partial charge >= 0.3 is 0 Å². The highest BCUT2D eigenvalue weighted by molar-refractivity contribution is 9.10. The molecule has 0 radical (unpaired) electrons. The minimum absolute atomic E-state index is 0.105. The Kier molecular flexibility index (Phi) is 7.67. The molecule has 0 aromatic heterocycles. The van der Waals surface area contributed by atoms with E-state index in [-0.39, 0.29) is 11.6 Å². The maximum Gasteiger partial charge on any atom is 0.143 e. The SMILES string of the molecule is CCCNC(Cc1c(F)ccc(Br)c1F)C(C)CCC. The Morgan fingerprint density at radius 3 is 2.50 bits per heavy atom. The maximum absolute atomic E-state index is 14.1. The van der Waals surface area contributed by atoms with E-state index in [4.69, 9.17) is 0 Å². The molecule has 0 fully saturated rings. The molecule has 2 atom stereocenters. The summed E-state index contributed by atoms with van der Waals surface area (Å²) in [6.07, 6.45) is 3.53. The number of hydrogen-bond donors (Lipinski definition) is 1. The number of benzene rings is 1. The minimum atomic E-state index is -0.475. The van der Waals surface area contributed by atoms with E-state index >= 15 is 0 Å². The molecule has 0 amide bonds. The number of rotatable bonds is 8. The summed E-state index contributed by atoms with van der Waals surface area (Å²) in [7, 11) is 0. The van der Waals surface area contributed by atoms with Gasteiger partial charge in [0.15, 0.2) is 0 Å². The lowest BCUT2D eigenvalue weighted by Gasteiger charge is -2.25. The molecule has 0 saturated carbocycles. The molecular weight excluding hydrogens is 324 g/mol. The fraction of sp³-hybridized carbons (Fsp3) is 0.625. The predicted octanol–water partition coefficient (Wildman–Crippen LogP) is 5.07. The molecule has 0 heterocycles. The molecule has 1 aromatic rings. The second kappa shape index (κ2) is 8.73. The molecule has 1 aromatic carbocycles. The Bertz CT molecular complexity index is 423. The molecule has 1 nitrogen and oxygen atoms in total. The van der Waals surface area contributed by atoms with Crippen molar-refractivity contribution in [2.45, 2.75) is 52.5 Å². The van der Waals surface area contributed by atoms with Crippen molar-refractivity contribution in [1.82, 2.24) is 5.32 Å². The van der Waals surface area contributed by atoms with E-state index in [1.807, 2.05) is 0 Å². The maximum atomic E-state index is 14.1. The second-order valence-electron chi connectivity index (χ2n) is 5.35. The summed E-state index contributed by atoms with van der Waals surface area (Å²) in [4.78, 5) is 0. The Hall–Kier alpha value is -0.480. The van der Waals surface area contributed by atoms with Crippen LogP contribution in [0.2, 0.25) is 0 Å². The van der Waals surface area contributed by atoms with Gasteiger partial charge < -0.3 is 5.32 Å². The Morgan fingerprint density at radius 1 is 1.20 bits per heavy atom. The Balaban J connectivity index is 2.91. The van der Waals surface area contributed by atoms with Gasteiger partial charge in [-0.15, -0.1) is 0 Å². The summed E-state index contributed by atoms with van der Waals surface area (Å²) in [5.74, 6) is -0.543. The van der Waals surface area contributed by atoms with Crippen LogP contribution >= 0.6 is 15.9 Å². The van der Waals surface area contributed by atoms with Crippen LogP contribution in [0.5, 0.6) is 0 Å². The van der Waals surface area contributed by atoms with Crippen molar-refractivity contribution in [2.24, 2.45) is 5.92 Å². The van der Waals surface area contributed by atoms with Crippen molar-refractivity contribution in [1.29, 1.82) is 0 Å². The first kappa shape index (κ1) is 17.6. The summed E-state index contributed by atoms with van der Waals surface area (Å²) in [5.41, 5.74) is 0.177. The zero-order valence-electron chi connectivity index (χ0n) is 12.5. The fourth-order valence-corrected chi connectivity index (χ4v) is 2.81. The molecule has 20 heavy (non-hydrogen) atoms. The van der Waals surface area contributed by atoms with Gasteiger partial charge in [0.05, 0.1) is 4.47 Å². The molecule has 0 aliphatic rings. The number of hydrogen-bond acceptors (Lipinski definition) is 1. The van der Waals surface area contributed by atoms with Crippen molar-refractivity contribution in [3.63, 3.8) is 0 Å². The molecule has 114 valence electrons. The van der Waals surface area contributed by atoms with E-state index in [9.17, 15) is 8.78 Å². The summed E-state index contributed by atoms with van der Waals surface area (Å²) in [6.45, 7) is 7.24. The van der Waals surface area contributed by atoms with Crippen molar-refractivity contribution in [3.8, 4) is 0 Å². The molecule has 0 spiro atoms. The third kappa shape index (κ3) is 4.81. The normalized spacial score (nSPS) is 14.3. The Labute approximate surface area is 129 Å². The van der Waals surface area contributed by atoms with Gasteiger partial charge in [-0.3, -0.25) is 0 Å². The zero-order chi connectivity index (χ0) is 15.1. The van der Waals surface area contributed by atoms with Gasteiger partial charge in [-0.25, -0.2) is 8.78 Å². The largest absolute Gasteiger partial charge is 0.313 e. The van der Waals surface area contributed by atoms with E-state index in [1.54, 1.807) is 0 Å². The fourth-order valence-electron chi connectivity index (χ4n) is 2.44. The molecule has 4 heteroatoms. The van der Waals surface area contributed by atoms with Crippen LogP contribution < -0.4 is 5.32 Å². The summed E-state index contributed by atoms with van der Waals surface area (Å²) in [6, 6.07) is 2.84. The first-order valence-corrected chi connectivity index (χ1v) is 8.16. The van der Waals surface area contributed by atoms with Crippen molar-refractivity contribution in [2.75, 3.05) is 6.54 Å². The highest BCUT2D eigenvalue weighted by Gasteiger charge is 2.21. The first-order chi connectivity index (χ1) is 9.51. The number of halogens is 3. The van der Waals surface area contributed by atoms with Gasteiger partial charge in [-0.1, -0.05) is 27.2 Å². The molecule has 0 saturated heterocycles. The molecule has 0 aliphatic carbocycles. The lowest BCUT2D eigenvalue weighted by atomic mass is 9.91. The second-order valence-corrected chi connectivity index (χ2v) is 6.21. The summed E-state index contributed by atoms with van der Waals surface area (Å²) < 4.78 is 28.3. The van der Waals surface area contributed by atoms with E-state index in [2.05, 4.69) is 42.0 Å². The van der Waals surface area contributed by atoms with Crippen LogP contribution in [-0.2, 0) is 6.42 Å². The Morgan fingerprint density at radius 2 is 1.90 bits per heavy atom. The monoisotopic (exact) mass is 347 g/mol. The van der Waals surface area contributed by atoms with E-state index < -0.39 is 11.6 Å². The van der Waals surface area contributed by atoms with E-state index in [0.29, 0.717) is 16.8 Å². The topological polar surface area (TPSA) is 12.0 Å². The minimum Gasteiger partial charge on any atom is -0.313 e. The highest BCUT2D eigenvalue weighted by Crippen LogP contribution is 2.25. The highest BCUT2D eigenvalue weighted by atomic mass is 79.9. The standard InChI is InChI=1S/C16H24BrF2N/c1-4-6-11(3)15(20-9-5-2)10-12-14(18)8-7-13(17)16(12)19/h7-8,11,15,20H,4-6,9-10H2,1-3H3. The average Bonchev–Trinajstić information content (AvgIpc) is 2.42. The van der Waals surface area contributed by atoms with Gasteiger partial charge in [0.1, 0.15) is 11.6 Å². The molecular formula is C16H24BrF2N. The van der Waals surface area contributed by atoms with Gasteiger partial charge in [0, 0.05) is 11.6 Å². The third-order valence-corrected chi connectivity index (χ3v) is 4.26. The molecule has 1 N–H and O–H groups in total. The summed E-state index contributed by atoms with van der Waals surface area (Å²) in [5, 5.41) is 3.43. The van der Waals surface area contributed by atoms with Gasteiger partial charge in [-0.2, -0.15) is 0 Å². The lowest BCUT2D eigenvalue weighted by Crippen LogP contribution is -2.38. The molecule has 2 unspecified atom stereocenters. The van der Waals surface area contributed by atoms with Crippen molar-refractivity contribution >= 4 is 15.9 Å². The summed E-state index contributed by atoms with van der Waals surface area (Å²) >= 11 is 3.13. The van der Waals surface area contributed by atoms with Gasteiger partial charge in [-0.05, 0) is 59.8 Å². The first-order valence-electron chi connectivity index (χ1n) is 7.36. The van der Waals surface area contributed by atoms with Crippen LogP contribution in [-0.4, -0.2) is 12.6 Å². The molecule has 0 bridgehead atoms. The average molecular weight is 348 g/mol. The van der Waals surface area contributed by atoms with Crippen LogP contribution in [0.1, 0.15) is 45.6 Å². The van der Waals surface area contributed by atoms with Gasteiger partial charge in [0.2, 0.25) is 0 Å². The van der Waals surface area contributed by atoms with Gasteiger partial charge in [0.25, 0.3) is 0 Å². The van der Waals surface area contributed by atoms with Crippen molar-refractivity contribution in [3.05, 3.63) is 33.8 Å². The van der Waals surface area contributed by atoms with E-state index in [0.717, 1.165) is 25.8 Å². The molecule has 0 aliphatic heterocycles. The van der Waals surface area contributed by atoms with Crippen LogP contribution in [0.15, 0.2) is 16.6 Å². The van der Waals surface area contributed by atoms with E-state index in [1.165, 1.54) is 12.1 Å². The van der Waals surface area contributed by atoms with Crippen LogP contribution in [0, 0.1) is 17.6 Å². The smallest absolute Gasteiger partial charge is 0.143 e. The lowest BCUT2D eigenvalue weighted by molar-refractivity contribution is 0.345. The van der Waals surface area contributed by atoms with Crippen molar-refractivity contribution < 1.29 is 8.78 Å². The zero-order valence-corrected chi connectivity index (χ0v) is 14.1. The predicted molar refractivity (Wildman–Crippen MR) is 83.9 cm³/mol. The number of nitrogens with one attached hydrogen (secondary N) is 1.